The van der Waals surface area contributed by atoms with Gasteiger partial charge in [-0.15, -0.1) is 0 Å². The third kappa shape index (κ3) is 1.17. The van der Waals surface area contributed by atoms with Crippen LogP contribution in [-0.2, 0) is 4.74 Å². The lowest BCUT2D eigenvalue weighted by atomic mass is 9.77. The molecule has 0 radical (unpaired) electrons. The van der Waals surface area contributed by atoms with Gasteiger partial charge in [0.25, 0.3) is 0 Å². The Balaban J connectivity index is 0.000000720. The van der Waals surface area contributed by atoms with Crippen molar-refractivity contribution in [1.82, 2.24) is 0 Å². The molecule has 2 saturated heterocycles. The highest BCUT2D eigenvalue weighted by Crippen LogP contribution is 2.53. The van der Waals surface area contributed by atoms with Gasteiger partial charge in [-0.3, -0.25) is 0 Å². The first-order valence-corrected chi connectivity index (χ1v) is 4.77. The Morgan fingerprint density at radius 3 is 1.75 bits per heavy atom. The second-order valence-electron chi connectivity index (χ2n) is 4.77. The minimum atomic E-state index is 0. The van der Waals surface area contributed by atoms with E-state index in [1.54, 1.807) is 0 Å². The topological polar surface area (TPSA) is 40.7 Å². The van der Waals surface area contributed by atoms with E-state index in [0.29, 0.717) is 5.92 Å². The van der Waals surface area contributed by atoms with Crippen LogP contribution in [0.4, 0.5) is 0 Å². The molecule has 0 unspecified atom stereocenters. The lowest BCUT2D eigenvalue weighted by molar-refractivity contribution is -0.0632. The van der Waals surface area contributed by atoms with E-state index < -0.39 is 0 Å². The van der Waals surface area contributed by atoms with Gasteiger partial charge in [-0.1, -0.05) is 13.8 Å². The molecule has 2 N–H and O–H groups in total. The molecular weight excluding hydrogens is 152 g/mol. The Kier molecular flexibility index (Phi) is 2.26. The van der Waals surface area contributed by atoms with Crippen molar-refractivity contribution in [1.29, 1.82) is 0 Å². The average Bonchev–Trinajstić information content (AvgIpc) is 2.42. The molecule has 0 aromatic heterocycles. The lowest BCUT2D eigenvalue weighted by Gasteiger charge is -2.28. The van der Waals surface area contributed by atoms with Crippen molar-refractivity contribution in [2.24, 2.45) is 5.92 Å². The van der Waals surface area contributed by atoms with E-state index >= 15 is 0 Å². The molecule has 2 fully saturated rings. The summed E-state index contributed by atoms with van der Waals surface area (Å²) in [6.45, 7) is 6.85. The zero-order chi connectivity index (χ0) is 8.11. The van der Waals surface area contributed by atoms with Crippen molar-refractivity contribution in [2.45, 2.75) is 57.7 Å². The van der Waals surface area contributed by atoms with Crippen molar-refractivity contribution in [3.05, 3.63) is 0 Å². The maximum Gasteiger partial charge on any atom is 0.0714 e. The van der Waals surface area contributed by atoms with Gasteiger partial charge in [-0.2, -0.15) is 0 Å². The summed E-state index contributed by atoms with van der Waals surface area (Å²) in [6, 6.07) is 0. The summed E-state index contributed by atoms with van der Waals surface area (Å²) in [5, 5.41) is 0. The van der Waals surface area contributed by atoms with Crippen molar-refractivity contribution in [3.8, 4) is 0 Å². The van der Waals surface area contributed by atoms with E-state index in [0.717, 1.165) is 0 Å². The maximum absolute atomic E-state index is 6.11. The van der Waals surface area contributed by atoms with E-state index in [1.165, 1.54) is 25.7 Å². The smallest absolute Gasteiger partial charge is 0.0714 e. The zero-order valence-corrected chi connectivity index (χ0v) is 8.31. The van der Waals surface area contributed by atoms with E-state index in [1.807, 2.05) is 0 Å². The largest absolute Gasteiger partial charge is 0.412 e. The molecule has 2 aliphatic rings. The molecule has 72 valence electrons. The van der Waals surface area contributed by atoms with Gasteiger partial charge < -0.3 is 10.2 Å². The summed E-state index contributed by atoms with van der Waals surface area (Å²) >= 11 is 0. The molecule has 2 bridgehead atoms. The Labute approximate surface area is 74.6 Å². The van der Waals surface area contributed by atoms with E-state index in [2.05, 4.69) is 20.8 Å². The Bertz CT molecular complexity index is 167. The van der Waals surface area contributed by atoms with Crippen LogP contribution in [0.15, 0.2) is 0 Å². The first-order valence-electron chi connectivity index (χ1n) is 4.77. The second-order valence-corrected chi connectivity index (χ2v) is 4.77. The fourth-order valence-corrected chi connectivity index (χ4v) is 2.59. The lowest BCUT2D eigenvalue weighted by Crippen LogP contribution is -2.31. The normalized spacial score (nSPS) is 45.0. The van der Waals surface area contributed by atoms with Crippen LogP contribution in [0.1, 0.15) is 46.5 Å². The quantitative estimate of drug-likeness (QED) is 0.595. The van der Waals surface area contributed by atoms with Crippen LogP contribution >= 0.6 is 0 Å². The third-order valence-corrected chi connectivity index (χ3v) is 3.66. The molecule has 0 aromatic rings. The van der Waals surface area contributed by atoms with Crippen molar-refractivity contribution >= 4 is 0 Å². The Morgan fingerprint density at radius 1 is 1.08 bits per heavy atom. The minimum absolute atomic E-state index is 0. The standard InChI is InChI=1S/C10H18O.H2O/c1-8(2)10-6-4-9(3,11-10)5-7-10;/h8H,4-7H2,1-3H3;1H2. The molecule has 0 aliphatic carbocycles. The van der Waals surface area contributed by atoms with Gasteiger partial charge in [0.1, 0.15) is 0 Å². The molecule has 12 heavy (non-hydrogen) atoms. The number of rotatable bonds is 1. The predicted octanol–water partition coefficient (Wildman–Crippen LogP) is 1.92. The molecule has 0 atom stereocenters. The van der Waals surface area contributed by atoms with Crippen LogP contribution in [0.25, 0.3) is 0 Å². The van der Waals surface area contributed by atoms with Crippen LogP contribution < -0.4 is 0 Å². The summed E-state index contributed by atoms with van der Waals surface area (Å²) in [4.78, 5) is 0. The van der Waals surface area contributed by atoms with Gasteiger partial charge in [0.15, 0.2) is 0 Å². The van der Waals surface area contributed by atoms with Crippen molar-refractivity contribution < 1.29 is 10.2 Å². The number of hydrogen-bond acceptors (Lipinski definition) is 1. The first kappa shape index (κ1) is 10.0. The van der Waals surface area contributed by atoms with Crippen LogP contribution in [0.5, 0.6) is 0 Å². The van der Waals surface area contributed by atoms with Gasteiger partial charge >= 0.3 is 0 Å². The molecule has 0 amide bonds. The van der Waals surface area contributed by atoms with Gasteiger partial charge in [0.05, 0.1) is 11.2 Å². The summed E-state index contributed by atoms with van der Waals surface area (Å²) in [5.74, 6) is 0.701. The number of hydrogen-bond donors (Lipinski definition) is 0. The van der Waals surface area contributed by atoms with Crippen molar-refractivity contribution in [2.75, 3.05) is 0 Å². The van der Waals surface area contributed by atoms with Gasteiger partial charge in [-0.05, 0) is 38.5 Å². The van der Waals surface area contributed by atoms with E-state index in [-0.39, 0.29) is 16.7 Å². The van der Waals surface area contributed by atoms with Crippen LogP contribution in [0.2, 0.25) is 0 Å². The molecule has 0 spiro atoms. The summed E-state index contributed by atoms with van der Waals surface area (Å²) in [7, 11) is 0. The van der Waals surface area contributed by atoms with E-state index in [4.69, 9.17) is 4.74 Å². The fraction of sp³-hybridized carbons (Fsp3) is 1.00. The SMILES string of the molecule is CC(C)C12CCC(C)(CC1)O2.O. The molecule has 2 aliphatic heterocycles. The summed E-state index contributed by atoms with van der Waals surface area (Å²) < 4.78 is 6.11. The molecule has 2 nitrogen and oxygen atoms in total. The van der Waals surface area contributed by atoms with Gasteiger partial charge in [-0.25, -0.2) is 0 Å². The van der Waals surface area contributed by atoms with Crippen LogP contribution in [0.3, 0.4) is 0 Å². The van der Waals surface area contributed by atoms with Gasteiger partial charge in [0.2, 0.25) is 0 Å². The predicted molar refractivity (Wildman–Crippen MR) is 49.1 cm³/mol. The fourth-order valence-electron chi connectivity index (χ4n) is 2.59. The van der Waals surface area contributed by atoms with Crippen molar-refractivity contribution in [3.63, 3.8) is 0 Å². The molecule has 0 aromatic carbocycles. The maximum atomic E-state index is 6.11. The van der Waals surface area contributed by atoms with Crippen LogP contribution in [-0.4, -0.2) is 16.7 Å². The molecule has 2 rings (SSSR count). The second kappa shape index (κ2) is 2.71. The highest BCUT2D eigenvalue weighted by atomic mass is 16.5. The minimum Gasteiger partial charge on any atom is -0.412 e. The summed E-state index contributed by atoms with van der Waals surface area (Å²) in [6.07, 6.45) is 5.15. The first-order chi connectivity index (χ1) is 5.06. The Hall–Kier alpha value is -0.0800. The highest BCUT2D eigenvalue weighted by molar-refractivity contribution is 5.03. The van der Waals surface area contributed by atoms with Gasteiger partial charge in [0, 0.05) is 0 Å². The monoisotopic (exact) mass is 172 g/mol. The molecule has 0 saturated carbocycles. The Morgan fingerprint density at radius 2 is 1.58 bits per heavy atom. The number of fused-ring (bicyclic) bond motifs is 2. The zero-order valence-electron chi connectivity index (χ0n) is 8.31. The summed E-state index contributed by atoms with van der Waals surface area (Å²) in [5.41, 5.74) is 0.527. The third-order valence-electron chi connectivity index (χ3n) is 3.66. The van der Waals surface area contributed by atoms with Crippen LogP contribution in [0, 0.1) is 5.92 Å². The van der Waals surface area contributed by atoms with E-state index in [9.17, 15) is 0 Å². The molecule has 2 heteroatoms. The number of ether oxygens (including phenoxy) is 1. The average molecular weight is 172 g/mol. The highest BCUT2D eigenvalue weighted by Gasteiger charge is 2.54. The molecule has 2 heterocycles. The molecular formula is C10H20O2.